The second-order valence-electron chi connectivity index (χ2n) is 6.01. The summed E-state index contributed by atoms with van der Waals surface area (Å²) in [5, 5.41) is 3.50. The predicted molar refractivity (Wildman–Crippen MR) is 113 cm³/mol. The van der Waals surface area contributed by atoms with E-state index in [1.807, 2.05) is 0 Å². The number of hydrogen-bond acceptors (Lipinski definition) is 3. The minimum absolute atomic E-state index is 0.137. The van der Waals surface area contributed by atoms with Crippen LogP contribution in [0.5, 0.6) is 0 Å². The van der Waals surface area contributed by atoms with Crippen molar-refractivity contribution in [1.29, 1.82) is 0 Å². The van der Waals surface area contributed by atoms with Crippen molar-refractivity contribution in [2.45, 2.75) is 11.8 Å². The minimum Gasteiger partial charge on any atom is -0.322 e. The summed E-state index contributed by atoms with van der Waals surface area (Å²) in [4.78, 5) is 12.8. The number of hydrogen-bond donors (Lipinski definition) is 2. The van der Waals surface area contributed by atoms with E-state index in [0.717, 1.165) is 0 Å². The summed E-state index contributed by atoms with van der Waals surface area (Å²) in [6.45, 7) is 1.67. The topological polar surface area (TPSA) is 75.3 Å². The third kappa shape index (κ3) is 4.65. The summed E-state index contributed by atoms with van der Waals surface area (Å²) in [6.07, 6.45) is 0. The van der Waals surface area contributed by atoms with Gasteiger partial charge in [-0.05, 0) is 55.0 Å². The fourth-order valence-electron chi connectivity index (χ4n) is 2.62. The summed E-state index contributed by atoms with van der Waals surface area (Å²) in [5.74, 6) is -0.406. The smallest absolute Gasteiger partial charge is 0.261 e. The number of rotatable bonds is 5. The van der Waals surface area contributed by atoms with Gasteiger partial charge in [-0.15, -0.1) is 0 Å². The Morgan fingerprint density at radius 3 is 2.18 bits per heavy atom. The lowest BCUT2D eigenvalue weighted by atomic mass is 10.1. The van der Waals surface area contributed by atoms with Crippen LogP contribution in [0, 0.1) is 6.92 Å². The van der Waals surface area contributed by atoms with Gasteiger partial charge >= 0.3 is 0 Å². The number of carbonyl (C=O) groups excluding carboxylic acids is 1. The van der Waals surface area contributed by atoms with Crippen molar-refractivity contribution in [3.05, 3.63) is 87.9 Å². The highest BCUT2D eigenvalue weighted by molar-refractivity contribution is 7.92. The maximum atomic E-state index is 12.7. The molecule has 0 aliphatic rings. The van der Waals surface area contributed by atoms with Gasteiger partial charge in [0.05, 0.1) is 10.6 Å². The molecule has 0 bridgehead atoms. The number of amides is 1. The Balaban J connectivity index is 1.87. The zero-order valence-electron chi connectivity index (χ0n) is 14.7. The van der Waals surface area contributed by atoms with Crippen LogP contribution in [0.15, 0.2) is 71.6 Å². The number of anilines is 2. The van der Waals surface area contributed by atoms with Crippen LogP contribution in [0.1, 0.15) is 15.9 Å². The maximum absolute atomic E-state index is 12.7. The van der Waals surface area contributed by atoms with Crippen LogP contribution in [0.25, 0.3) is 0 Å². The van der Waals surface area contributed by atoms with Crippen LogP contribution >= 0.6 is 23.2 Å². The molecule has 3 aromatic carbocycles. The van der Waals surface area contributed by atoms with Crippen molar-refractivity contribution >= 4 is 50.5 Å². The molecule has 0 heterocycles. The van der Waals surface area contributed by atoms with E-state index in [4.69, 9.17) is 23.2 Å². The summed E-state index contributed by atoms with van der Waals surface area (Å²) >= 11 is 11.9. The van der Waals surface area contributed by atoms with E-state index < -0.39 is 15.9 Å². The molecule has 0 spiro atoms. The Morgan fingerprint density at radius 1 is 0.893 bits per heavy atom. The average molecular weight is 435 g/mol. The maximum Gasteiger partial charge on any atom is 0.261 e. The van der Waals surface area contributed by atoms with E-state index in [0.29, 0.717) is 32.5 Å². The van der Waals surface area contributed by atoms with Crippen LogP contribution < -0.4 is 10.0 Å². The molecule has 8 heteroatoms. The van der Waals surface area contributed by atoms with E-state index in [1.54, 1.807) is 61.5 Å². The molecule has 3 rings (SSSR count). The first-order chi connectivity index (χ1) is 13.3. The molecule has 144 valence electrons. The van der Waals surface area contributed by atoms with Crippen molar-refractivity contribution in [2.75, 3.05) is 10.0 Å². The summed E-state index contributed by atoms with van der Waals surface area (Å²) in [5.41, 5.74) is 1.58. The fraction of sp³-hybridized carbons (Fsp3) is 0.0500. The summed E-state index contributed by atoms with van der Waals surface area (Å²) < 4.78 is 27.7. The Morgan fingerprint density at radius 2 is 1.54 bits per heavy atom. The van der Waals surface area contributed by atoms with Gasteiger partial charge in [0.25, 0.3) is 15.9 Å². The van der Waals surface area contributed by atoms with Crippen LogP contribution in [0.4, 0.5) is 11.4 Å². The molecule has 0 radical (unpaired) electrons. The van der Waals surface area contributed by atoms with Gasteiger partial charge in [0, 0.05) is 21.3 Å². The molecule has 1 amide bonds. The van der Waals surface area contributed by atoms with E-state index >= 15 is 0 Å². The molecule has 0 aliphatic carbocycles. The van der Waals surface area contributed by atoms with Crippen LogP contribution in [-0.4, -0.2) is 14.3 Å². The summed E-state index contributed by atoms with van der Waals surface area (Å²) in [6, 6.07) is 17.5. The van der Waals surface area contributed by atoms with Crippen LogP contribution in [-0.2, 0) is 10.0 Å². The molecule has 3 aromatic rings. The molecule has 0 aliphatic heterocycles. The van der Waals surface area contributed by atoms with E-state index in [1.165, 1.54) is 12.1 Å². The van der Waals surface area contributed by atoms with Gasteiger partial charge in [-0.3, -0.25) is 9.52 Å². The van der Waals surface area contributed by atoms with Gasteiger partial charge in [0.15, 0.2) is 0 Å². The quantitative estimate of drug-likeness (QED) is 0.567. The SMILES string of the molecule is Cc1c(NS(=O)(=O)c2ccccc2)cccc1C(=O)Nc1cc(Cl)cc(Cl)c1. The van der Waals surface area contributed by atoms with Crippen molar-refractivity contribution in [3.63, 3.8) is 0 Å². The Kier molecular flexibility index (Phi) is 5.93. The lowest BCUT2D eigenvalue weighted by molar-refractivity contribution is 0.102. The summed E-state index contributed by atoms with van der Waals surface area (Å²) in [7, 11) is -3.77. The van der Waals surface area contributed by atoms with E-state index in [2.05, 4.69) is 10.0 Å². The number of nitrogens with one attached hydrogen (secondary N) is 2. The second-order valence-corrected chi connectivity index (χ2v) is 8.56. The molecular weight excluding hydrogens is 419 g/mol. The first kappa shape index (κ1) is 20.2. The highest BCUT2D eigenvalue weighted by Gasteiger charge is 2.18. The van der Waals surface area contributed by atoms with Crippen LogP contribution in [0.3, 0.4) is 0 Å². The average Bonchev–Trinajstić information content (AvgIpc) is 2.63. The largest absolute Gasteiger partial charge is 0.322 e. The molecule has 0 unspecified atom stereocenters. The molecule has 0 saturated carbocycles. The third-order valence-electron chi connectivity index (χ3n) is 4.00. The van der Waals surface area contributed by atoms with E-state index in [-0.39, 0.29) is 4.90 Å². The van der Waals surface area contributed by atoms with Gasteiger partial charge in [0.1, 0.15) is 0 Å². The zero-order chi connectivity index (χ0) is 20.3. The lowest BCUT2D eigenvalue weighted by Gasteiger charge is -2.14. The molecule has 0 saturated heterocycles. The first-order valence-corrected chi connectivity index (χ1v) is 10.4. The molecule has 0 atom stereocenters. The zero-order valence-corrected chi connectivity index (χ0v) is 17.1. The van der Waals surface area contributed by atoms with Crippen molar-refractivity contribution in [1.82, 2.24) is 0 Å². The van der Waals surface area contributed by atoms with E-state index in [9.17, 15) is 13.2 Å². The highest BCUT2D eigenvalue weighted by atomic mass is 35.5. The van der Waals surface area contributed by atoms with Crippen molar-refractivity contribution in [3.8, 4) is 0 Å². The predicted octanol–water partition coefficient (Wildman–Crippen LogP) is 5.35. The standard InChI is InChI=1S/C20H16Cl2N2O3S/c1-13-18(20(25)23-16-11-14(21)10-15(22)12-16)8-5-9-19(13)24-28(26,27)17-6-3-2-4-7-17/h2-12,24H,1H3,(H,23,25). The van der Waals surface area contributed by atoms with Gasteiger partial charge in [-0.2, -0.15) is 0 Å². The fourth-order valence-corrected chi connectivity index (χ4v) is 4.29. The number of carbonyl (C=O) groups is 1. The van der Waals surface area contributed by atoms with Gasteiger partial charge < -0.3 is 5.32 Å². The van der Waals surface area contributed by atoms with Crippen LogP contribution in [0.2, 0.25) is 10.0 Å². The monoisotopic (exact) mass is 434 g/mol. The molecule has 28 heavy (non-hydrogen) atoms. The Labute approximate surface area is 173 Å². The Bertz CT molecular complexity index is 1110. The molecule has 0 fully saturated rings. The van der Waals surface area contributed by atoms with Crippen molar-refractivity contribution in [2.24, 2.45) is 0 Å². The molecule has 5 nitrogen and oxygen atoms in total. The Hall–Kier alpha value is -2.54. The van der Waals surface area contributed by atoms with Gasteiger partial charge in [-0.1, -0.05) is 47.5 Å². The normalized spacial score (nSPS) is 11.1. The third-order valence-corrected chi connectivity index (χ3v) is 5.81. The molecule has 0 aromatic heterocycles. The first-order valence-electron chi connectivity index (χ1n) is 8.21. The highest BCUT2D eigenvalue weighted by Crippen LogP contribution is 2.25. The number of benzene rings is 3. The lowest BCUT2D eigenvalue weighted by Crippen LogP contribution is -2.17. The molecular formula is C20H16Cl2N2O3S. The number of sulfonamides is 1. The minimum atomic E-state index is -3.77. The van der Waals surface area contributed by atoms with Gasteiger partial charge in [-0.25, -0.2) is 8.42 Å². The van der Waals surface area contributed by atoms with Crippen molar-refractivity contribution < 1.29 is 13.2 Å². The molecule has 2 N–H and O–H groups in total. The second kappa shape index (κ2) is 8.22. The van der Waals surface area contributed by atoms with Gasteiger partial charge in [0.2, 0.25) is 0 Å². The number of halogens is 2.